The first-order valence-electron chi connectivity index (χ1n) is 10.1. The summed E-state index contributed by atoms with van der Waals surface area (Å²) in [7, 11) is 0. The number of carbonyl (C=O) groups excluding carboxylic acids is 1. The number of aliphatic carboxylic acids is 1. The molecule has 1 aromatic heterocycles. The average molecular weight is 401 g/mol. The van der Waals surface area contributed by atoms with E-state index in [1.165, 1.54) is 15.0 Å². The van der Waals surface area contributed by atoms with Gasteiger partial charge < -0.3 is 10.2 Å². The highest BCUT2D eigenvalue weighted by atomic mass is 32.1. The molecule has 1 aromatic carbocycles. The van der Waals surface area contributed by atoms with E-state index in [1.807, 2.05) is 18.2 Å². The maximum absolute atomic E-state index is 12.3. The summed E-state index contributed by atoms with van der Waals surface area (Å²) in [6.45, 7) is 0. The Hall–Kier alpha value is -1.98. The van der Waals surface area contributed by atoms with Crippen LogP contribution in [0.1, 0.15) is 49.8 Å². The number of allylic oxidation sites excluding steroid dienone is 1. The molecule has 0 spiro atoms. The molecule has 150 valence electrons. The maximum atomic E-state index is 12.3. The highest BCUT2D eigenvalue weighted by molar-refractivity contribution is 7.19. The summed E-state index contributed by atoms with van der Waals surface area (Å²) >= 11 is 1.78. The SMILES string of the molecule is O=C(O)CCCCCC[C@H]1C(=O)C[C@@H](O)C1/C=C/Cc1cc2ccccc2s1. The number of hydrogen-bond donors (Lipinski definition) is 2. The predicted octanol–water partition coefficient (Wildman–Crippen LogP) is 4.99. The number of carboxylic acid groups (broad SMARTS) is 1. The molecule has 1 heterocycles. The fourth-order valence-corrected chi connectivity index (χ4v) is 5.10. The molecule has 1 saturated carbocycles. The van der Waals surface area contributed by atoms with Crippen molar-refractivity contribution in [3.05, 3.63) is 47.4 Å². The second-order valence-corrected chi connectivity index (χ2v) is 8.82. The van der Waals surface area contributed by atoms with Gasteiger partial charge in [-0.3, -0.25) is 9.59 Å². The molecule has 1 fully saturated rings. The third-order valence-corrected chi connectivity index (χ3v) is 6.68. The van der Waals surface area contributed by atoms with Crippen molar-refractivity contribution in [2.24, 2.45) is 11.8 Å². The van der Waals surface area contributed by atoms with Gasteiger partial charge in [0, 0.05) is 34.3 Å². The number of thiophene rings is 1. The number of unbranched alkanes of at least 4 members (excludes halogenated alkanes) is 3. The Bertz CT molecular complexity index is 805. The normalized spacial score (nSPS) is 22.5. The van der Waals surface area contributed by atoms with Crippen LogP contribution in [0.5, 0.6) is 0 Å². The third-order valence-electron chi connectivity index (χ3n) is 5.54. The molecule has 28 heavy (non-hydrogen) atoms. The van der Waals surface area contributed by atoms with Crippen molar-refractivity contribution >= 4 is 33.2 Å². The number of Topliss-reactive ketones (excluding diaryl/α,β-unsaturated/α-hetero) is 1. The van der Waals surface area contributed by atoms with Gasteiger partial charge in [0.15, 0.2) is 0 Å². The number of aliphatic hydroxyl groups excluding tert-OH is 1. The van der Waals surface area contributed by atoms with E-state index in [4.69, 9.17) is 5.11 Å². The summed E-state index contributed by atoms with van der Waals surface area (Å²) < 4.78 is 1.28. The molecule has 5 heteroatoms. The van der Waals surface area contributed by atoms with E-state index in [2.05, 4.69) is 24.3 Å². The van der Waals surface area contributed by atoms with Crippen LogP contribution in [-0.4, -0.2) is 28.1 Å². The summed E-state index contributed by atoms with van der Waals surface area (Å²) in [5.41, 5.74) is 0. The highest BCUT2D eigenvalue weighted by Crippen LogP contribution is 2.34. The second-order valence-electron chi connectivity index (χ2n) is 7.65. The van der Waals surface area contributed by atoms with E-state index in [0.29, 0.717) is 6.42 Å². The monoisotopic (exact) mass is 400 g/mol. The van der Waals surface area contributed by atoms with Crippen molar-refractivity contribution in [2.75, 3.05) is 0 Å². The van der Waals surface area contributed by atoms with Crippen molar-refractivity contribution in [3.63, 3.8) is 0 Å². The fourth-order valence-electron chi connectivity index (χ4n) is 4.07. The molecule has 0 amide bonds. The van der Waals surface area contributed by atoms with Gasteiger partial charge in [0.05, 0.1) is 6.10 Å². The number of rotatable bonds is 10. The van der Waals surface area contributed by atoms with Gasteiger partial charge in [-0.25, -0.2) is 0 Å². The van der Waals surface area contributed by atoms with Crippen LogP contribution in [0.3, 0.4) is 0 Å². The molecule has 0 radical (unpaired) electrons. The Morgan fingerprint density at radius 2 is 1.96 bits per heavy atom. The van der Waals surface area contributed by atoms with Gasteiger partial charge in [-0.1, -0.05) is 49.6 Å². The van der Waals surface area contributed by atoms with Crippen molar-refractivity contribution in [3.8, 4) is 0 Å². The molecule has 1 unspecified atom stereocenters. The van der Waals surface area contributed by atoms with E-state index < -0.39 is 12.1 Å². The molecule has 0 aliphatic heterocycles. The Morgan fingerprint density at radius 3 is 2.75 bits per heavy atom. The number of benzene rings is 1. The number of carbonyl (C=O) groups is 2. The Morgan fingerprint density at radius 1 is 1.18 bits per heavy atom. The topological polar surface area (TPSA) is 74.6 Å². The van der Waals surface area contributed by atoms with E-state index in [1.54, 1.807) is 11.3 Å². The molecule has 3 atom stereocenters. The number of carboxylic acids is 1. The van der Waals surface area contributed by atoms with E-state index in [0.717, 1.165) is 32.1 Å². The van der Waals surface area contributed by atoms with Gasteiger partial charge in [0.2, 0.25) is 0 Å². The number of hydrogen-bond acceptors (Lipinski definition) is 4. The zero-order valence-electron chi connectivity index (χ0n) is 16.0. The molecule has 0 bridgehead atoms. The fraction of sp³-hybridized carbons (Fsp3) is 0.478. The molecule has 2 aromatic rings. The summed E-state index contributed by atoms with van der Waals surface area (Å²) in [5.74, 6) is -0.790. The first kappa shape index (κ1) is 20.7. The van der Waals surface area contributed by atoms with E-state index >= 15 is 0 Å². The molecule has 1 aliphatic rings. The molecular weight excluding hydrogens is 372 g/mol. The molecular formula is C23H28O4S. The third kappa shape index (κ3) is 5.52. The Kier molecular flexibility index (Phi) is 7.40. The Balaban J connectivity index is 1.50. The van der Waals surface area contributed by atoms with Crippen LogP contribution in [-0.2, 0) is 16.0 Å². The number of aliphatic hydroxyl groups is 1. The van der Waals surface area contributed by atoms with Crippen LogP contribution in [0.15, 0.2) is 42.5 Å². The zero-order valence-corrected chi connectivity index (χ0v) is 16.9. The smallest absolute Gasteiger partial charge is 0.303 e. The van der Waals surface area contributed by atoms with Crippen molar-refractivity contribution < 1.29 is 19.8 Å². The largest absolute Gasteiger partial charge is 0.481 e. The Labute approximate surface area is 169 Å². The minimum atomic E-state index is -0.752. The zero-order chi connectivity index (χ0) is 19.9. The van der Waals surface area contributed by atoms with E-state index in [-0.39, 0.29) is 30.5 Å². The van der Waals surface area contributed by atoms with E-state index in [9.17, 15) is 14.7 Å². The van der Waals surface area contributed by atoms with Crippen LogP contribution >= 0.6 is 11.3 Å². The lowest BCUT2D eigenvalue weighted by atomic mass is 9.88. The minimum Gasteiger partial charge on any atom is -0.481 e. The van der Waals surface area contributed by atoms with Crippen LogP contribution in [0.2, 0.25) is 0 Å². The summed E-state index contributed by atoms with van der Waals surface area (Å²) in [4.78, 5) is 24.1. The van der Waals surface area contributed by atoms with Gasteiger partial charge in [-0.2, -0.15) is 0 Å². The quantitative estimate of drug-likeness (QED) is 0.435. The lowest BCUT2D eigenvalue weighted by molar-refractivity contribution is -0.137. The van der Waals surface area contributed by atoms with Crippen LogP contribution in [0.4, 0.5) is 0 Å². The van der Waals surface area contributed by atoms with Crippen molar-refractivity contribution in [2.45, 2.75) is 57.5 Å². The van der Waals surface area contributed by atoms with Gasteiger partial charge >= 0.3 is 5.97 Å². The standard InChI is InChI=1S/C23H28O4S/c24-20-15-21(25)19(18(20)10-3-1-2-4-13-23(26)27)11-7-9-17-14-16-8-5-6-12-22(16)28-17/h5-8,11-12,14,18-19,21,25H,1-4,9-10,13,15H2,(H,26,27)/b11-7+/t18-,19?,21-/m1/s1. The summed E-state index contributed by atoms with van der Waals surface area (Å²) in [6.07, 6.45) is 9.02. The lowest BCUT2D eigenvalue weighted by Gasteiger charge is -2.17. The van der Waals surface area contributed by atoms with Gasteiger partial charge in [0.25, 0.3) is 0 Å². The average Bonchev–Trinajstić information content (AvgIpc) is 3.18. The summed E-state index contributed by atoms with van der Waals surface area (Å²) in [6, 6.07) is 10.5. The molecule has 0 saturated heterocycles. The van der Waals surface area contributed by atoms with Crippen LogP contribution in [0, 0.1) is 11.8 Å². The van der Waals surface area contributed by atoms with Crippen molar-refractivity contribution in [1.82, 2.24) is 0 Å². The molecule has 4 nitrogen and oxygen atoms in total. The number of ketones is 1. The minimum absolute atomic E-state index is 0.0964. The lowest BCUT2D eigenvalue weighted by Crippen LogP contribution is -2.18. The van der Waals surface area contributed by atoms with Gasteiger partial charge in [0.1, 0.15) is 5.78 Å². The highest BCUT2D eigenvalue weighted by Gasteiger charge is 2.39. The predicted molar refractivity (Wildman–Crippen MR) is 113 cm³/mol. The van der Waals surface area contributed by atoms with Crippen molar-refractivity contribution in [1.29, 1.82) is 0 Å². The summed E-state index contributed by atoms with van der Waals surface area (Å²) in [5, 5.41) is 20.2. The number of fused-ring (bicyclic) bond motifs is 1. The van der Waals surface area contributed by atoms with Crippen LogP contribution < -0.4 is 0 Å². The molecule has 1 aliphatic carbocycles. The second kappa shape index (κ2) is 9.99. The molecule has 3 rings (SSSR count). The maximum Gasteiger partial charge on any atom is 0.303 e. The van der Waals surface area contributed by atoms with Crippen LogP contribution in [0.25, 0.3) is 10.1 Å². The van der Waals surface area contributed by atoms with Gasteiger partial charge in [-0.05, 0) is 36.8 Å². The molecule has 2 N–H and O–H groups in total. The first-order valence-corrected chi connectivity index (χ1v) is 10.9. The van der Waals surface area contributed by atoms with Gasteiger partial charge in [-0.15, -0.1) is 11.3 Å². The first-order chi connectivity index (χ1) is 13.5.